The monoisotopic (exact) mass is 511 g/mol. The first-order valence-electron chi connectivity index (χ1n) is 12.4. The van der Waals surface area contributed by atoms with E-state index in [9.17, 15) is 9.59 Å². The van der Waals surface area contributed by atoms with Crippen molar-refractivity contribution in [1.29, 1.82) is 0 Å². The quantitative estimate of drug-likeness (QED) is 0.361. The summed E-state index contributed by atoms with van der Waals surface area (Å²) in [4.78, 5) is 40.8. The van der Waals surface area contributed by atoms with Crippen molar-refractivity contribution >= 4 is 29.1 Å². The summed E-state index contributed by atoms with van der Waals surface area (Å²) in [6.45, 7) is 3.15. The molecule has 2 amide bonds. The molecule has 10 nitrogen and oxygen atoms in total. The largest absolute Gasteiger partial charge is 0.497 e. The number of imidazole rings is 1. The van der Waals surface area contributed by atoms with E-state index >= 15 is 0 Å². The van der Waals surface area contributed by atoms with Gasteiger partial charge in [-0.05, 0) is 43.7 Å². The van der Waals surface area contributed by atoms with E-state index in [4.69, 9.17) is 9.72 Å². The normalized spacial score (nSPS) is 15.2. The predicted octanol–water partition coefficient (Wildman–Crippen LogP) is 3.99. The Morgan fingerprint density at radius 1 is 1.11 bits per heavy atom. The summed E-state index contributed by atoms with van der Waals surface area (Å²) in [5, 5.41) is 5.95. The number of nitrogens with one attached hydrogen (secondary N) is 2. The Balaban J connectivity index is 1.45. The molecule has 1 fully saturated rings. The van der Waals surface area contributed by atoms with Gasteiger partial charge in [-0.25, -0.2) is 15.0 Å². The number of nitrogens with zero attached hydrogens (tertiary/aromatic N) is 5. The highest BCUT2D eigenvalue weighted by Crippen LogP contribution is 2.34. The van der Waals surface area contributed by atoms with E-state index in [-0.39, 0.29) is 17.7 Å². The third-order valence-electron chi connectivity index (χ3n) is 6.62. The highest BCUT2D eigenvalue weighted by Gasteiger charge is 2.30. The molecule has 1 aliphatic heterocycles. The molecule has 0 bridgehead atoms. The number of amides is 2. The summed E-state index contributed by atoms with van der Waals surface area (Å²) in [5.74, 6) is 2.24. The minimum atomic E-state index is -0.277. The van der Waals surface area contributed by atoms with Crippen molar-refractivity contribution in [2.45, 2.75) is 19.3 Å². The van der Waals surface area contributed by atoms with Crippen molar-refractivity contribution in [3.63, 3.8) is 0 Å². The Labute approximate surface area is 220 Å². The molecular formula is C28H29N7O3. The van der Waals surface area contributed by atoms with Gasteiger partial charge in [0.15, 0.2) is 0 Å². The summed E-state index contributed by atoms with van der Waals surface area (Å²) in [6.07, 6.45) is 7.54. The van der Waals surface area contributed by atoms with Crippen molar-refractivity contribution in [1.82, 2.24) is 24.3 Å². The number of ether oxygens (including phenoxy) is 1. The van der Waals surface area contributed by atoms with E-state index in [1.807, 2.05) is 41.5 Å². The molecular weight excluding hydrogens is 482 g/mol. The van der Waals surface area contributed by atoms with E-state index in [1.54, 1.807) is 55.9 Å². The van der Waals surface area contributed by atoms with Crippen LogP contribution in [0.15, 0.2) is 67.0 Å². The Hall–Kier alpha value is -4.73. The Bertz CT molecular complexity index is 1510. The number of hydrogen-bond acceptors (Lipinski definition) is 7. The summed E-state index contributed by atoms with van der Waals surface area (Å²) in [6, 6.07) is 12.6. The van der Waals surface area contributed by atoms with Gasteiger partial charge < -0.3 is 20.3 Å². The molecule has 1 aliphatic rings. The van der Waals surface area contributed by atoms with Crippen molar-refractivity contribution in [3.8, 4) is 17.1 Å². The van der Waals surface area contributed by atoms with Gasteiger partial charge in [0.05, 0.1) is 18.3 Å². The van der Waals surface area contributed by atoms with Crippen molar-refractivity contribution in [2.75, 3.05) is 37.9 Å². The molecule has 3 aromatic heterocycles. The number of hydrogen-bond donors (Lipinski definition) is 2. The maximum absolute atomic E-state index is 12.8. The van der Waals surface area contributed by atoms with Gasteiger partial charge >= 0.3 is 0 Å². The summed E-state index contributed by atoms with van der Waals surface area (Å²) < 4.78 is 7.18. The van der Waals surface area contributed by atoms with E-state index in [2.05, 4.69) is 20.6 Å². The van der Waals surface area contributed by atoms with Gasteiger partial charge in [-0.2, -0.15) is 0 Å². The molecule has 10 heteroatoms. The Morgan fingerprint density at radius 2 is 1.89 bits per heavy atom. The second-order valence-electron chi connectivity index (χ2n) is 8.94. The van der Waals surface area contributed by atoms with Gasteiger partial charge in [0.2, 0.25) is 11.9 Å². The third kappa shape index (κ3) is 4.80. The minimum Gasteiger partial charge on any atom is -0.497 e. The molecule has 0 spiro atoms. The highest BCUT2D eigenvalue weighted by atomic mass is 16.5. The van der Waals surface area contributed by atoms with E-state index in [1.165, 1.54) is 0 Å². The molecule has 0 saturated carbocycles. The third-order valence-corrected chi connectivity index (χ3v) is 6.62. The van der Waals surface area contributed by atoms with E-state index < -0.39 is 0 Å². The lowest BCUT2D eigenvalue weighted by molar-refractivity contribution is -0.125. The van der Waals surface area contributed by atoms with Gasteiger partial charge in [-0.3, -0.25) is 14.0 Å². The number of likely N-dealkylation sites (tertiary alicyclic amines) is 1. The van der Waals surface area contributed by atoms with Gasteiger partial charge in [0.1, 0.15) is 17.4 Å². The number of aromatic nitrogens is 4. The first-order chi connectivity index (χ1) is 18.5. The average Bonchev–Trinajstić information content (AvgIpc) is 3.59. The number of benzene rings is 1. The summed E-state index contributed by atoms with van der Waals surface area (Å²) in [7, 11) is 3.38. The number of rotatable bonds is 7. The zero-order chi connectivity index (χ0) is 26.6. The molecule has 1 saturated heterocycles. The molecule has 2 N–H and O–H groups in total. The second kappa shape index (κ2) is 10.7. The van der Waals surface area contributed by atoms with Crippen LogP contribution in [0.3, 0.4) is 0 Å². The standard InChI is InChI=1S/C28H29N7O3/c1-4-5-24(36)34-15-12-20(17-34)25-22-11-14-31-28(29-2)35(22)26(33-25)18-6-8-19(9-7-18)27(37)32-23-16-21(38-3)10-13-30-23/h4-11,13-14,16,20H,12,15,17H2,1-3H3,(H,29,31)(H,30,32,37)/b5-4+. The Morgan fingerprint density at radius 3 is 2.63 bits per heavy atom. The molecule has 0 radical (unpaired) electrons. The van der Waals surface area contributed by atoms with Crippen LogP contribution >= 0.6 is 0 Å². The lowest BCUT2D eigenvalue weighted by Crippen LogP contribution is -2.26. The van der Waals surface area contributed by atoms with Gasteiger partial charge in [-0.1, -0.05) is 18.2 Å². The van der Waals surface area contributed by atoms with Crippen LogP contribution in [0.2, 0.25) is 0 Å². The van der Waals surface area contributed by atoms with Crippen LogP contribution in [0.25, 0.3) is 16.9 Å². The van der Waals surface area contributed by atoms with Crippen LogP contribution in [0.4, 0.5) is 11.8 Å². The first-order valence-corrected chi connectivity index (χ1v) is 12.4. The number of allylic oxidation sites excluding steroid dienone is 1. The maximum atomic E-state index is 12.8. The fourth-order valence-electron chi connectivity index (χ4n) is 4.73. The van der Waals surface area contributed by atoms with Gasteiger partial charge in [-0.15, -0.1) is 0 Å². The van der Waals surface area contributed by atoms with Crippen LogP contribution in [0.1, 0.15) is 35.3 Å². The molecule has 0 aliphatic carbocycles. The van der Waals surface area contributed by atoms with Gasteiger partial charge in [0.25, 0.3) is 5.91 Å². The lowest BCUT2D eigenvalue weighted by atomic mass is 10.0. The van der Waals surface area contributed by atoms with Crippen LogP contribution in [-0.2, 0) is 4.79 Å². The molecule has 1 atom stereocenters. The number of carbonyl (C=O) groups excluding carboxylic acids is 2. The van der Waals surface area contributed by atoms with Crippen LogP contribution in [0.5, 0.6) is 5.75 Å². The number of methoxy groups -OCH3 is 1. The summed E-state index contributed by atoms with van der Waals surface area (Å²) >= 11 is 0. The van der Waals surface area contributed by atoms with E-state index in [0.29, 0.717) is 42.0 Å². The van der Waals surface area contributed by atoms with Crippen molar-refractivity contribution in [2.24, 2.45) is 0 Å². The fourth-order valence-corrected chi connectivity index (χ4v) is 4.73. The molecule has 4 heterocycles. The van der Waals surface area contributed by atoms with Crippen LogP contribution in [-0.4, -0.2) is 63.3 Å². The second-order valence-corrected chi connectivity index (χ2v) is 8.94. The molecule has 4 aromatic rings. The summed E-state index contributed by atoms with van der Waals surface area (Å²) in [5.41, 5.74) is 3.20. The molecule has 1 aromatic carbocycles. The fraction of sp³-hybridized carbons (Fsp3) is 0.250. The smallest absolute Gasteiger partial charge is 0.256 e. The predicted molar refractivity (Wildman–Crippen MR) is 145 cm³/mol. The number of fused-ring (bicyclic) bond motifs is 1. The zero-order valence-corrected chi connectivity index (χ0v) is 21.5. The maximum Gasteiger partial charge on any atom is 0.256 e. The van der Waals surface area contributed by atoms with Crippen molar-refractivity contribution < 1.29 is 14.3 Å². The minimum absolute atomic E-state index is 0.0225. The molecule has 38 heavy (non-hydrogen) atoms. The van der Waals surface area contributed by atoms with Gasteiger partial charge in [0, 0.05) is 55.6 Å². The van der Waals surface area contributed by atoms with Crippen LogP contribution in [0, 0.1) is 0 Å². The first kappa shape index (κ1) is 24.9. The number of pyridine rings is 1. The van der Waals surface area contributed by atoms with Crippen LogP contribution < -0.4 is 15.4 Å². The molecule has 194 valence electrons. The van der Waals surface area contributed by atoms with E-state index in [0.717, 1.165) is 23.2 Å². The SMILES string of the molecule is C/C=C/C(=O)N1CCC(c2nc(-c3ccc(C(=O)Nc4cc(OC)ccn4)cc3)n3c(NC)nccc23)C1. The average molecular weight is 512 g/mol. The topological polar surface area (TPSA) is 114 Å². The highest BCUT2D eigenvalue weighted by molar-refractivity contribution is 6.04. The van der Waals surface area contributed by atoms with Crippen molar-refractivity contribution in [3.05, 3.63) is 78.3 Å². The zero-order valence-electron chi connectivity index (χ0n) is 21.5. The Kier molecular flexibility index (Phi) is 7.03. The molecule has 5 rings (SSSR count). The number of anilines is 2. The lowest BCUT2D eigenvalue weighted by Gasteiger charge is -2.13. The molecule has 1 unspecified atom stereocenters. The number of carbonyl (C=O) groups is 2.